The number of rotatable bonds is 8. The molecule has 8 nitrogen and oxygen atoms in total. The van der Waals surface area contributed by atoms with E-state index in [9.17, 15) is 14.4 Å². The summed E-state index contributed by atoms with van der Waals surface area (Å²) in [5.74, 6) is 1.73. The molecule has 4 fully saturated rings. The summed E-state index contributed by atoms with van der Waals surface area (Å²) >= 11 is 0. The minimum Gasteiger partial charge on any atom is -0.466 e. The van der Waals surface area contributed by atoms with E-state index in [2.05, 4.69) is 62.3 Å². The molecular weight excluding hydrogens is 663 g/mol. The third-order valence-electron chi connectivity index (χ3n) is 16.4. The number of nitrogens with zero attached hydrogens (tertiary/aromatic N) is 1. The van der Waals surface area contributed by atoms with Crippen molar-refractivity contribution in [1.82, 2.24) is 15.5 Å². The number of ether oxygens (including phenoxy) is 2. The van der Waals surface area contributed by atoms with Crippen LogP contribution in [0.5, 0.6) is 0 Å². The van der Waals surface area contributed by atoms with Crippen LogP contribution in [0.1, 0.15) is 139 Å². The molecule has 6 aliphatic rings. The fourth-order valence-electron chi connectivity index (χ4n) is 13.9. The fourth-order valence-corrected chi connectivity index (χ4v) is 13.9. The van der Waals surface area contributed by atoms with Gasteiger partial charge in [-0.1, -0.05) is 46.8 Å². The number of hydrogen-bond acceptors (Lipinski definition) is 6. The molecule has 0 saturated heterocycles. The van der Waals surface area contributed by atoms with Crippen molar-refractivity contribution in [2.45, 2.75) is 151 Å². The van der Waals surface area contributed by atoms with Crippen molar-refractivity contribution in [3.8, 4) is 0 Å². The number of allylic oxidation sites excluding steroid dienone is 4. The molecule has 2 amide bonds. The fraction of sp³-hybridized carbons (Fsp3) is 0.844. The van der Waals surface area contributed by atoms with Crippen molar-refractivity contribution in [2.75, 3.05) is 33.8 Å². The number of nitrogens with one attached hydrogen (secondary N) is 2. The highest BCUT2D eigenvalue weighted by Crippen LogP contribution is 2.77. The first-order valence-electron chi connectivity index (χ1n) is 21.2. The third-order valence-corrected chi connectivity index (χ3v) is 16.4. The Hall–Kier alpha value is -2.35. The Morgan fingerprint density at radius 2 is 1.62 bits per heavy atom. The van der Waals surface area contributed by atoms with Crippen LogP contribution in [-0.4, -0.2) is 68.3 Å². The van der Waals surface area contributed by atoms with E-state index >= 15 is 0 Å². The summed E-state index contributed by atoms with van der Waals surface area (Å²) in [6, 6.07) is -0.0764. The largest absolute Gasteiger partial charge is 0.466 e. The molecule has 6 rings (SSSR count). The van der Waals surface area contributed by atoms with E-state index in [1.165, 1.54) is 30.4 Å². The molecule has 2 N–H and O–H groups in total. The molecule has 0 heterocycles. The van der Waals surface area contributed by atoms with Crippen LogP contribution in [0.2, 0.25) is 0 Å². The molecule has 1 unspecified atom stereocenters. The second kappa shape index (κ2) is 14.3. The van der Waals surface area contributed by atoms with Gasteiger partial charge in [0.05, 0.1) is 17.9 Å². The first-order valence-corrected chi connectivity index (χ1v) is 21.2. The number of amides is 2. The molecule has 8 heteroatoms. The maximum atomic E-state index is 14.4. The van der Waals surface area contributed by atoms with E-state index in [4.69, 9.17) is 9.47 Å². The van der Waals surface area contributed by atoms with E-state index < -0.39 is 11.0 Å². The Morgan fingerprint density at radius 1 is 0.887 bits per heavy atom. The van der Waals surface area contributed by atoms with Gasteiger partial charge in [0, 0.05) is 19.1 Å². The highest BCUT2D eigenvalue weighted by atomic mass is 16.6. The molecule has 4 saturated carbocycles. The minimum absolute atomic E-state index is 0.0141. The van der Waals surface area contributed by atoms with E-state index in [1.54, 1.807) is 0 Å². The smallest absolute Gasteiger partial charge is 0.407 e. The predicted molar refractivity (Wildman–Crippen MR) is 211 cm³/mol. The summed E-state index contributed by atoms with van der Waals surface area (Å²) in [6.45, 7) is 22.4. The van der Waals surface area contributed by atoms with Gasteiger partial charge < -0.3 is 25.0 Å². The van der Waals surface area contributed by atoms with Crippen molar-refractivity contribution in [1.29, 1.82) is 0 Å². The van der Waals surface area contributed by atoms with Crippen LogP contribution in [0.4, 0.5) is 4.79 Å². The molecule has 0 aromatic rings. The first-order chi connectivity index (χ1) is 24.7. The number of carbonyl (C=O) groups is 3. The van der Waals surface area contributed by atoms with E-state index in [0.717, 1.165) is 64.3 Å². The van der Waals surface area contributed by atoms with E-state index in [-0.39, 0.29) is 57.5 Å². The maximum absolute atomic E-state index is 14.4. The third kappa shape index (κ3) is 6.81. The van der Waals surface area contributed by atoms with Crippen LogP contribution in [-0.2, 0) is 19.1 Å². The predicted octanol–water partition coefficient (Wildman–Crippen LogP) is 8.85. The zero-order chi connectivity index (χ0) is 38.8. The SMILES string of the molecule is CCOC(=O)C1CC=C(C2=CC[C@]3(C)[C@H]4CC[C@@H]5[C@H]6[C@H](NC(=O)OC(C)(C)C)CC[C@]6(C(=O)NCCN(C)C)CC[C@@]5(C)[C@]4(C)CC[C@H]3C2(C)C)CC1. The van der Waals surface area contributed by atoms with E-state index in [1.807, 2.05) is 41.8 Å². The van der Waals surface area contributed by atoms with Gasteiger partial charge in [-0.05, 0) is 175 Å². The lowest BCUT2D eigenvalue weighted by Gasteiger charge is -2.72. The summed E-state index contributed by atoms with van der Waals surface area (Å²) in [5.41, 5.74) is 2.35. The van der Waals surface area contributed by atoms with Crippen LogP contribution in [0, 0.1) is 56.7 Å². The summed E-state index contributed by atoms with van der Waals surface area (Å²) in [6.07, 6.45) is 16.5. The van der Waals surface area contributed by atoms with Crippen molar-refractivity contribution in [3.05, 3.63) is 23.3 Å². The molecule has 298 valence electrons. The van der Waals surface area contributed by atoms with Crippen molar-refractivity contribution < 1.29 is 23.9 Å². The molecule has 0 bridgehead atoms. The lowest BCUT2D eigenvalue weighted by Crippen LogP contribution is -2.67. The lowest BCUT2D eigenvalue weighted by atomic mass is 9.32. The van der Waals surface area contributed by atoms with Gasteiger partial charge in [-0.2, -0.15) is 0 Å². The number of esters is 1. The standard InChI is InChI=1S/C45H73N3O5/c1-12-52-37(49)30-15-13-29(14-16-30)31-19-22-42(7)34(41(31,5)6)21-23-44(9)35(42)18-17-32-36-33(47-39(51)53-40(2,3)4)20-24-45(36,26-25-43(32,44)8)38(50)46-27-28-48(10)11/h13,19,30,32-36H,12,14-18,20-28H2,1-11H3,(H,46,50)(H,47,51)/t30?,32-,33-,34+,35-,36+,42+,43-,44-,45+/m1/s1. The Morgan fingerprint density at radius 3 is 2.26 bits per heavy atom. The topological polar surface area (TPSA) is 97.0 Å². The Bertz CT molecular complexity index is 1490. The first kappa shape index (κ1) is 40.3. The van der Waals surface area contributed by atoms with Gasteiger partial charge in [0.25, 0.3) is 0 Å². The monoisotopic (exact) mass is 736 g/mol. The number of alkyl carbamates (subject to hydrolysis) is 1. The number of fused-ring (bicyclic) bond motifs is 7. The molecule has 0 aromatic carbocycles. The molecule has 0 aromatic heterocycles. The van der Waals surface area contributed by atoms with Gasteiger partial charge in [0.15, 0.2) is 0 Å². The van der Waals surface area contributed by atoms with Gasteiger partial charge >= 0.3 is 12.1 Å². The van der Waals surface area contributed by atoms with Crippen LogP contribution >= 0.6 is 0 Å². The van der Waals surface area contributed by atoms with Gasteiger partial charge in [-0.15, -0.1) is 0 Å². The minimum atomic E-state index is -0.579. The second-order valence-corrected chi connectivity index (χ2v) is 20.7. The average Bonchev–Trinajstić information content (AvgIpc) is 3.43. The summed E-state index contributed by atoms with van der Waals surface area (Å²) in [5, 5.41) is 6.72. The lowest BCUT2D eigenvalue weighted by molar-refractivity contribution is -0.225. The van der Waals surface area contributed by atoms with Crippen LogP contribution in [0.25, 0.3) is 0 Å². The van der Waals surface area contributed by atoms with Crippen molar-refractivity contribution >= 4 is 18.0 Å². The molecule has 0 spiro atoms. The van der Waals surface area contributed by atoms with Gasteiger partial charge in [-0.25, -0.2) is 4.79 Å². The maximum Gasteiger partial charge on any atom is 0.407 e. The molecule has 10 atom stereocenters. The zero-order valence-corrected chi connectivity index (χ0v) is 35.2. The van der Waals surface area contributed by atoms with Gasteiger partial charge in [-0.3, -0.25) is 9.59 Å². The highest BCUT2D eigenvalue weighted by molar-refractivity contribution is 5.84. The summed E-state index contributed by atoms with van der Waals surface area (Å²) in [4.78, 5) is 42.4. The molecule has 6 aliphatic carbocycles. The molecule has 0 radical (unpaired) electrons. The molecule has 53 heavy (non-hydrogen) atoms. The average molecular weight is 736 g/mol. The van der Waals surface area contributed by atoms with Crippen molar-refractivity contribution in [3.63, 3.8) is 0 Å². The summed E-state index contributed by atoms with van der Waals surface area (Å²) in [7, 11) is 4.09. The highest BCUT2D eigenvalue weighted by Gasteiger charge is 2.71. The second-order valence-electron chi connectivity index (χ2n) is 20.7. The molecular formula is C45H73N3O5. The number of likely N-dealkylation sites (N-methyl/N-ethyl adjacent to an activating group) is 1. The van der Waals surface area contributed by atoms with Gasteiger partial charge in [0.1, 0.15) is 5.60 Å². The Kier molecular flexibility index (Phi) is 10.9. The van der Waals surface area contributed by atoms with E-state index in [0.29, 0.717) is 30.9 Å². The summed E-state index contributed by atoms with van der Waals surface area (Å²) < 4.78 is 11.2. The normalized spacial score (nSPS) is 40.4. The number of hydrogen-bond donors (Lipinski definition) is 2. The van der Waals surface area contributed by atoms with Gasteiger partial charge in [0.2, 0.25) is 5.91 Å². The van der Waals surface area contributed by atoms with Crippen molar-refractivity contribution in [2.24, 2.45) is 56.7 Å². The Labute approximate surface area is 321 Å². The van der Waals surface area contributed by atoms with Crippen LogP contribution < -0.4 is 10.6 Å². The molecule has 0 aliphatic heterocycles. The Balaban J connectivity index is 1.29. The zero-order valence-electron chi connectivity index (χ0n) is 35.2. The van der Waals surface area contributed by atoms with Crippen LogP contribution in [0.15, 0.2) is 23.3 Å². The van der Waals surface area contributed by atoms with Crippen LogP contribution in [0.3, 0.4) is 0 Å². The quantitative estimate of drug-likeness (QED) is 0.242. The number of carbonyl (C=O) groups excluding carboxylic acids is 3.